The van der Waals surface area contributed by atoms with Gasteiger partial charge in [0.1, 0.15) is 0 Å². The zero-order valence-electron chi connectivity index (χ0n) is 12.7. The van der Waals surface area contributed by atoms with E-state index in [2.05, 4.69) is 100 Å². The Bertz CT molecular complexity index is 591. The largest absolute Gasteiger partial charge is 0.306 e. The molecular weight excluding hydrogens is 390 g/mol. The molecule has 1 unspecified atom stereocenters. The van der Waals surface area contributed by atoms with Gasteiger partial charge >= 0.3 is 0 Å². The third-order valence-corrected chi connectivity index (χ3v) is 5.58. The van der Waals surface area contributed by atoms with Gasteiger partial charge in [-0.1, -0.05) is 44.2 Å². The summed E-state index contributed by atoms with van der Waals surface area (Å²) in [6.07, 6.45) is 0. The molecule has 0 spiro atoms. The Balaban J connectivity index is 1.97. The Labute approximate surface area is 144 Å². The SMILES string of the molecule is CC(C)c1ccc(C(C)NCc2ccc(Br)c(Br)c2)cc1. The lowest BCUT2D eigenvalue weighted by molar-refractivity contribution is 0.574. The van der Waals surface area contributed by atoms with Gasteiger partial charge in [0.05, 0.1) is 0 Å². The van der Waals surface area contributed by atoms with E-state index < -0.39 is 0 Å². The summed E-state index contributed by atoms with van der Waals surface area (Å²) in [5, 5.41) is 3.57. The van der Waals surface area contributed by atoms with E-state index >= 15 is 0 Å². The molecule has 3 heteroatoms. The number of hydrogen-bond acceptors (Lipinski definition) is 1. The van der Waals surface area contributed by atoms with Crippen LogP contribution < -0.4 is 5.32 Å². The van der Waals surface area contributed by atoms with Gasteiger partial charge in [-0.15, -0.1) is 0 Å². The van der Waals surface area contributed by atoms with Gasteiger partial charge in [-0.3, -0.25) is 0 Å². The average molecular weight is 411 g/mol. The monoisotopic (exact) mass is 409 g/mol. The molecule has 0 saturated heterocycles. The molecule has 112 valence electrons. The van der Waals surface area contributed by atoms with Crippen LogP contribution in [-0.4, -0.2) is 0 Å². The molecule has 0 aliphatic heterocycles. The van der Waals surface area contributed by atoms with E-state index in [1.54, 1.807) is 0 Å². The maximum absolute atomic E-state index is 3.57. The molecule has 21 heavy (non-hydrogen) atoms. The summed E-state index contributed by atoms with van der Waals surface area (Å²) >= 11 is 7.04. The van der Waals surface area contributed by atoms with Crippen LogP contribution in [0.25, 0.3) is 0 Å². The molecular formula is C18H21Br2N. The molecule has 1 atom stereocenters. The molecule has 2 aromatic carbocycles. The Kier molecular flexibility index (Phi) is 6.03. The van der Waals surface area contributed by atoms with E-state index in [9.17, 15) is 0 Å². The number of halogens is 2. The van der Waals surface area contributed by atoms with Crippen molar-refractivity contribution in [3.63, 3.8) is 0 Å². The Morgan fingerprint density at radius 1 is 0.857 bits per heavy atom. The van der Waals surface area contributed by atoms with E-state index in [0.29, 0.717) is 12.0 Å². The van der Waals surface area contributed by atoms with Gasteiger partial charge < -0.3 is 5.32 Å². The zero-order valence-corrected chi connectivity index (χ0v) is 15.8. The van der Waals surface area contributed by atoms with E-state index in [-0.39, 0.29) is 0 Å². The average Bonchev–Trinajstić information content (AvgIpc) is 2.48. The van der Waals surface area contributed by atoms with Gasteiger partial charge in [-0.25, -0.2) is 0 Å². The van der Waals surface area contributed by atoms with E-state index in [1.165, 1.54) is 16.7 Å². The van der Waals surface area contributed by atoms with Crippen LogP contribution in [0.1, 0.15) is 49.4 Å². The molecule has 2 aromatic rings. The van der Waals surface area contributed by atoms with Crippen LogP contribution in [0.2, 0.25) is 0 Å². The molecule has 0 aliphatic carbocycles. The number of hydrogen-bond donors (Lipinski definition) is 1. The summed E-state index contributed by atoms with van der Waals surface area (Å²) in [6.45, 7) is 7.52. The van der Waals surface area contributed by atoms with Crippen LogP contribution in [0.15, 0.2) is 51.4 Å². The Hall–Kier alpha value is -0.640. The third-order valence-electron chi connectivity index (χ3n) is 3.70. The maximum atomic E-state index is 3.57. The third kappa shape index (κ3) is 4.67. The summed E-state index contributed by atoms with van der Waals surface area (Å²) in [6, 6.07) is 15.6. The topological polar surface area (TPSA) is 12.0 Å². The van der Waals surface area contributed by atoms with Crippen molar-refractivity contribution in [2.75, 3.05) is 0 Å². The first kappa shape index (κ1) is 16.7. The highest BCUT2D eigenvalue weighted by Gasteiger charge is 2.06. The smallest absolute Gasteiger partial charge is 0.0320 e. The molecule has 0 aliphatic rings. The fourth-order valence-corrected chi connectivity index (χ4v) is 2.88. The Morgan fingerprint density at radius 3 is 2.05 bits per heavy atom. The van der Waals surface area contributed by atoms with Crippen molar-refractivity contribution in [3.05, 3.63) is 68.1 Å². The van der Waals surface area contributed by atoms with Gasteiger partial charge in [0.25, 0.3) is 0 Å². The fourth-order valence-electron chi connectivity index (χ4n) is 2.21. The van der Waals surface area contributed by atoms with Gasteiger partial charge in [-0.05, 0) is 73.5 Å². The molecule has 1 N–H and O–H groups in total. The van der Waals surface area contributed by atoms with Crippen LogP contribution in [0, 0.1) is 0 Å². The highest BCUT2D eigenvalue weighted by atomic mass is 79.9. The molecule has 0 bridgehead atoms. The van der Waals surface area contributed by atoms with Gasteiger partial charge in [-0.2, -0.15) is 0 Å². The normalized spacial score (nSPS) is 12.7. The van der Waals surface area contributed by atoms with Crippen LogP contribution in [0.5, 0.6) is 0 Å². The highest BCUT2D eigenvalue weighted by molar-refractivity contribution is 9.13. The standard InChI is InChI=1S/C18H21Br2N/c1-12(2)15-5-7-16(8-6-15)13(3)21-11-14-4-9-17(19)18(20)10-14/h4-10,12-13,21H,11H2,1-3H3. The minimum absolute atomic E-state index is 0.341. The summed E-state index contributed by atoms with van der Waals surface area (Å²) in [7, 11) is 0. The summed E-state index contributed by atoms with van der Waals surface area (Å²) in [5.41, 5.74) is 3.99. The van der Waals surface area contributed by atoms with Gasteiger partial charge in [0, 0.05) is 21.5 Å². The number of rotatable bonds is 5. The van der Waals surface area contributed by atoms with Crippen LogP contribution in [0.3, 0.4) is 0 Å². The first-order valence-electron chi connectivity index (χ1n) is 7.24. The van der Waals surface area contributed by atoms with E-state index in [4.69, 9.17) is 0 Å². The van der Waals surface area contributed by atoms with Gasteiger partial charge in [0.15, 0.2) is 0 Å². The summed E-state index contributed by atoms with van der Waals surface area (Å²) < 4.78 is 2.18. The van der Waals surface area contributed by atoms with Crippen LogP contribution in [0.4, 0.5) is 0 Å². The lowest BCUT2D eigenvalue weighted by atomic mass is 9.99. The molecule has 0 heterocycles. The quantitative estimate of drug-likeness (QED) is 0.619. The van der Waals surface area contributed by atoms with E-state index in [1.807, 2.05) is 0 Å². The predicted octanol–water partition coefficient (Wildman–Crippen LogP) is 6.19. The first-order chi connectivity index (χ1) is 9.97. The lowest BCUT2D eigenvalue weighted by Gasteiger charge is -2.16. The first-order valence-corrected chi connectivity index (χ1v) is 8.83. The van der Waals surface area contributed by atoms with Crippen molar-refractivity contribution in [1.29, 1.82) is 0 Å². The summed E-state index contributed by atoms with van der Waals surface area (Å²) in [4.78, 5) is 0. The summed E-state index contributed by atoms with van der Waals surface area (Å²) in [5.74, 6) is 0.586. The second kappa shape index (κ2) is 7.57. The number of nitrogens with one attached hydrogen (secondary N) is 1. The minimum Gasteiger partial charge on any atom is -0.306 e. The molecule has 0 fully saturated rings. The van der Waals surface area contributed by atoms with Crippen molar-refractivity contribution in [2.24, 2.45) is 0 Å². The maximum Gasteiger partial charge on any atom is 0.0320 e. The van der Waals surface area contributed by atoms with Crippen molar-refractivity contribution >= 4 is 31.9 Å². The predicted molar refractivity (Wildman–Crippen MR) is 97.6 cm³/mol. The molecule has 0 saturated carbocycles. The van der Waals surface area contributed by atoms with Crippen molar-refractivity contribution in [3.8, 4) is 0 Å². The molecule has 0 aromatic heterocycles. The van der Waals surface area contributed by atoms with Gasteiger partial charge in [0.2, 0.25) is 0 Å². The minimum atomic E-state index is 0.341. The van der Waals surface area contributed by atoms with Crippen LogP contribution in [-0.2, 0) is 6.54 Å². The Morgan fingerprint density at radius 2 is 1.48 bits per heavy atom. The van der Waals surface area contributed by atoms with E-state index in [0.717, 1.165) is 15.5 Å². The second-order valence-corrected chi connectivity index (χ2v) is 7.38. The number of benzene rings is 2. The highest BCUT2D eigenvalue weighted by Crippen LogP contribution is 2.24. The zero-order chi connectivity index (χ0) is 15.4. The van der Waals surface area contributed by atoms with Crippen molar-refractivity contribution in [1.82, 2.24) is 5.32 Å². The molecule has 0 amide bonds. The van der Waals surface area contributed by atoms with Crippen molar-refractivity contribution < 1.29 is 0 Å². The fraction of sp³-hybridized carbons (Fsp3) is 0.333. The molecule has 0 radical (unpaired) electrons. The molecule has 2 rings (SSSR count). The molecule has 1 nitrogen and oxygen atoms in total. The lowest BCUT2D eigenvalue weighted by Crippen LogP contribution is -2.18. The van der Waals surface area contributed by atoms with Crippen LogP contribution >= 0.6 is 31.9 Å². The second-order valence-electron chi connectivity index (χ2n) is 5.67. The van der Waals surface area contributed by atoms with Crippen molar-refractivity contribution in [2.45, 2.75) is 39.3 Å².